The molecule has 1 aliphatic carbocycles. The molecule has 48 heavy (non-hydrogen) atoms. The highest BCUT2D eigenvalue weighted by Crippen LogP contribution is 2.65. The van der Waals surface area contributed by atoms with Gasteiger partial charge >= 0.3 is 12.4 Å². The zero-order chi connectivity index (χ0) is 36.1. The molecule has 5 nitrogen and oxygen atoms in total. The summed E-state index contributed by atoms with van der Waals surface area (Å²) in [6, 6.07) is 7.07. The Morgan fingerprint density at radius 1 is 0.875 bits per heavy atom. The van der Waals surface area contributed by atoms with Crippen LogP contribution in [0.3, 0.4) is 0 Å². The highest BCUT2D eigenvalue weighted by atomic mass is 35.5. The minimum Gasteiger partial charge on any atom is -0.326 e. The summed E-state index contributed by atoms with van der Waals surface area (Å²) >= 11 is 18.5. The Kier molecular flexibility index (Phi) is 10.4. The lowest BCUT2D eigenvalue weighted by molar-refractivity contribution is -0.176. The number of alkyl halides is 8. The van der Waals surface area contributed by atoms with Gasteiger partial charge in [-0.3, -0.25) is 19.2 Å². The first-order valence-corrected chi connectivity index (χ1v) is 14.7. The molecule has 1 amide bonds. The van der Waals surface area contributed by atoms with Crippen molar-refractivity contribution in [1.29, 1.82) is 0 Å². The number of rotatable bonds is 10. The molecule has 0 spiro atoms. The van der Waals surface area contributed by atoms with E-state index in [1.165, 1.54) is 12.1 Å². The molecular weight excluding hydrogens is 728 g/mol. The number of ketones is 3. The van der Waals surface area contributed by atoms with Crippen LogP contribution in [-0.4, -0.2) is 33.8 Å². The highest BCUT2D eigenvalue weighted by Gasteiger charge is 2.67. The molecule has 17 heteroatoms. The molecule has 0 heterocycles. The third-order valence-electron chi connectivity index (χ3n) is 7.65. The van der Waals surface area contributed by atoms with Gasteiger partial charge in [0.1, 0.15) is 27.6 Å². The van der Waals surface area contributed by atoms with Crippen molar-refractivity contribution in [3.05, 3.63) is 98.8 Å². The maximum absolute atomic E-state index is 15.2. The Bertz CT molecular complexity index is 1830. The summed E-state index contributed by atoms with van der Waals surface area (Å²) in [4.78, 5) is 49.8. The molecule has 1 fully saturated rings. The number of carbonyl (C=O) groups is 4. The van der Waals surface area contributed by atoms with Crippen molar-refractivity contribution in [1.82, 2.24) is 0 Å². The number of hydrogen-bond donors (Lipinski definition) is 1. The second-order valence-corrected chi connectivity index (χ2v) is 12.7. The maximum Gasteiger partial charge on any atom is 0.450 e. The van der Waals surface area contributed by atoms with E-state index in [0.717, 1.165) is 18.2 Å². The van der Waals surface area contributed by atoms with Crippen LogP contribution >= 0.6 is 34.8 Å². The molecule has 0 aliphatic heterocycles. The van der Waals surface area contributed by atoms with E-state index >= 15 is 4.39 Å². The van der Waals surface area contributed by atoms with Gasteiger partial charge in [-0.1, -0.05) is 23.7 Å². The summed E-state index contributed by atoms with van der Waals surface area (Å²) in [7, 11) is 0. The van der Waals surface area contributed by atoms with Gasteiger partial charge in [0, 0.05) is 35.6 Å². The molecule has 256 valence electrons. The molecule has 1 saturated carbocycles. The van der Waals surface area contributed by atoms with E-state index in [4.69, 9.17) is 34.8 Å². The van der Waals surface area contributed by atoms with E-state index in [1.54, 1.807) is 0 Å². The monoisotopic (exact) mass is 745 g/mol. The van der Waals surface area contributed by atoms with Crippen LogP contribution in [0.15, 0.2) is 48.5 Å². The molecule has 3 aromatic carbocycles. The number of carbonyl (C=O) groups excluding carboxylic acids is 4. The van der Waals surface area contributed by atoms with Crippen LogP contribution in [0.1, 0.15) is 45.5 Å². The van der Waals surface area contributed by atoms with Crippen LogP contribution in [0.2, 0.25) is 5.02 Å². The number of anilines is 1. The van der Waals surface area contributed by atoms with Crippen molar-refractivity contribution in [3.8, 4) is 0 Å². The van der Waals surface area contributed by atoms with Gasteiger partial charge in [-0.2, -0.15) is 26.3 Å². The fourth-order valence-corrected chi connectivity index (χ4v) is 6.04. The predicted octanol–water partition coefficient (Wildman–Crippen LogP) is 8.61. The average molecular weight is 747 g/mol. The lowest BCUT2D eigenvalue weighted by Crippen LogP contribution is -2.34. The van der Waals surface area contributed by atoms with Crippen LogP contribution in [0.25, 0.3) is 0 Å². The lowest BCUT2D eigenvalue weighted by Gasteiger charge is -2.14. The third-order valence-corrected chi connectivity index (χ3v) is 8.92. The summed E-state index contributed by atoms with van der Waals surface area (Å²) in [6.45, 7) is 0.644. The van der Waals surface area contributed by atoms with Crippen molar-refractivity contribution in [2.45, 2.75) is 42.4 Å². The van der Waals surface area contributed by atoms with Crippen molar-refractivity contribution in [2.75, 3.05) is 5.32 Å². The Hall–Kier alpha value is -3.62. The van der Waals surface area contributed by atoms with Gasteiger partial charge in [0.05, 0.1) is 22.4 Å². The van der Waals surface area contributed by atoms with E-state index in [2.05, 4.69) is 5.32 Å². The molecule has 0 saturated heterocycles. The summed E-state index contributed by atoms with van der Waals surface area (Å²) in [6.07, 6.45) is -12.4. The zero-order valence-electron chi connectivity index (χ0n) is 23.9. The Morgan fingerprint density at radius 3 is 2.10 bits per heavy atom. The smallest absolute Gasteiger partial charge is 0.326 e. The number of hydrogen-bond acceptors (Lipinski definition) is 4. The van der Waals surface area contributed by atoms with E-state index in [1.807, 2.05) is 0 Å². The number of Topliss-reactive ketones (excluding diaryl/α,β-unsaturated/α-hetero) is 3. The van der Waals surface area contributed by atoms with Gasteiger partial charge in [0.2, 0.25) is 11.7 Å². The van der Waals surface area contributed by atoms with Gasteiger partial charge in [-0.25, -0.2) is 13.2 Å². The summed E-state index contributed by atoms with van der Waals surface area (Å²) in [5.41, 5.74) is -3.55. The summed E-state index contributed by atoms with van der Waals surface area (Å²) < 4.78 is 119. The first-order valence-electron chi connectivity index (χ1n) is 13.5. The van der Waals surface area contributed by atoms with Gasteiger partial charge in [-0.05, 0) is 54.4 Å². The van der Waals surface area contributed by atoms with Gasteiger partial charge in [-0.15, -0.1) is 23.2 Å². The van der Waals surface area contributed by atoms with Gasteiger partial charge in [0.15, 0.2) is 5.78 Å². The minimum absolute atomic E-state index is 0.0770. The molecule has 3 aromatic rings. The molecule has 1 N–H and O–H groups in total. The topological polar surface area (TPSA) is 80.3 Å². The van der Waals surface area contributed by atoms with Gasteiger partial charge in [0.25, 0.3) is 0 Å². The highest BCUT2D eigenvalue weighted by molar-refractivity contribution is 6.53. The fraction of sp³-hybridized carbons (Fsp3) is 0.290. The number of benzene rings is 3. The Labute approximate surface area is 280 Å². The maximum atomic E-state index is 15.2. The van der Waals surface area contributed by atoms with Crippen LogP contribution < -0.4 is 5.32 Å². The van der Waals surface area contributed by atoms with E-state index in [0.29, 0.717) is 25.1 Å². The zero-order valence-corrected chi connectivity index (χ0v) is 26.2. The van der Waals surface area contributed by atoms with Crippen LogP contribution in [-0.2, 0) is 33.4 Å². The minimum atomic E-state index is -5.35. The second-order valence-electron chi connectivity index (χ2n) is 10.9. The molecule has 4 rings (SSSR count). The van der Waals surface area contributed by atoms with Crippen molar-refractivity contribution in [3.63, 3.8) is 0 Å². The second kappa shape index (κ2) is 13.4. The Balaban J connectivity index is 1.51. The van der Waals surface area contributed by atoms with Crippen molar-refractivity contribution in [2.24, 2.45) is 11.8 Å². The molecule has 3 atom stereocenters. The van der Waals surface area contributed by atoms with Crippen LogP contribution in [0.4, 0.5) is 45.2 Å². The Morgan fingerprint density at radius 2 is 1.50 bits per heavy atom. The lowest BCUT2D eigenvalue weighted by atomic mass is 9.93. The van der Waals surface area contributed by atoms with E-state index in [-0.39, 0.29) is 21.8 Å². The number of amides is 1. The quantitative estimate of drug-likeness (QED) is 0.0976. The number of nitrogens with one attached hydrogen (secondary N) is 1. The molecule has 1 unspecified atom stereocenters. The van der Waals surface area contributed by atoms with Gasteiger partial charge < -0.3 is 5.32 Å². The van der Waals surface area contributed by atoms with E-state index < -0.39 is 105 Å². The normalized spacial score (nSPS) is 17.9. The molecule has 0 bridgehead atoms. The third kappa shape index (κ3) is 7.65. The molecule has 0 aromatic heterocycles. The average Bonchev–Trinajstić information content (AvgIpc) is 3.57. The number of halogens is 12. The summed E-state index contributed by atoms with van der Waals surface area (Å²) in [5, 5.41) is 2.21. The molecule has 1 aliphatic rings. The standard InChI is InChI=1S/C31H19Cl3F9NO4/c1-12(27(47)31(41,42)43)22(45)11-17-20(35)6-3-14(26(17)37)9-23(46)16-10-15(4-5-19(16)32)44-28(48)25-24(29(25,33)34)13-2-7-21(36)18(8-13)30(38,39)40/h2-8,10,12,24-25H,9,11H2,1H3,(H,44,48)/t12?,24-,25+/m0/s1. The van der Waals surface area contributed by atoms with E-state index in [9.17, 15) is 54.3 Å². The molecular formula is C31H19Cl3F9NO4. The predicted molar refractivity (Wildman–Crippen MR) is 155 cm³/mol. The SMILES string of the molecule is CC(C(=O)Cc1c(F)ccc(CC(=O)c2cc(NC(=O)[C@H]3[C@H](c4ccc(F)c(C(F)(F)F)c4)C3(Cl)Cl)ccc2Cl)c1F)C(=O)C(F)(F)F. The van der Waals surface area contributed by atoms with Crippen LogP contribution in [0.5, 0.6) is 0 Å². The van der Waals surface area contributed by atoms with Crippen molar-refractivity contribution >= 4 is 63.7 Å². The first kappa shape index (κ1) is 37.2. The van der Waals surface area contributed by atoms with Crippen molar-refractivity contribution < 1.29 is 58.7 Å². The first-order chi connectivity index (χ1) is 22.0. The largest absolute Gasteiger partial charge is 0.450 e. The summed E-state index contributed by atoms with van der Waals surface area (Å²) in [5.74, 6) is -14.6. The molecule has 0 radical (unpaired) electrons. The van der Waals surface area contributed by atoms with Crippen LogP contribution in [0, 0.1) is 29.3 Å². The fourth-order valence-electron chi connectivity index (χ4n) is 4.99.